The molecule has 1 aromatic heterocycles. The molecule has 4 heteroatoms. The van der Waals surface area contributed by atoms with Gasteiger partial charge in [-0.1, -0.05) is 54.6 Å². The number of carboxylic acids is 1. The molecule has 0 radical (unpaired) electrons. The number of fused-ring (bicyclic) bond motifs is 1. The van der Waals surface area contributed by atoms with Crippen LogP contribution < -0.4 is 4.74 Å². The maximum atomic E-state index is 11.1. The molecular weight excluding hydrogens is 434 g/mol. The molecule has 0 amide bonds. The Morgan fingerprint density at radius 3 is 2.11 bits per heavy atom. The van der Waals surface area contributed by atoms with Gasteiger partial charge in [0.25, 0.3) is 0 Å². The van der Waals surface area contributed by atoms with Gasteiger partial charge in [-0.3, -0.25) is 4.79 Å². The van der Waals surface area contributed by atoms with Gasteiger partial charge in [0.15, 0.2) is 0 Å². The fourth-order valence-electron chi connectivity index (χ4n) is 4.39. The van der Waals surface area contributed by atoms with Crippen LogP contribution in [0.1, 0.15) is 23.1 Å². The topological polar surface area (TPSA) is 51.5 Å². The number of rotatable bonds is 9. The van der Waals surface area contributed by atoms with Crippen LogP contribution in [0.4, 0.5) is 0 Å². The highest BCUT2D eigenvalue weighted by Crippen LogP contribution is 2.29. The van der Waals surface area contributed by atoms with Crippen molar-refractivity contribution in [3.63, 3.8) is 0 Å². The number of aliphatic carboxylic acids is 1. The van der Waals surface area contributed by atoms with E-state index in [0.29, 0.717) is 6.42 Å². The van der Waals surface area contributed by atoms with Crippen molar-refractivity contribution in [2.45, 2.75) is 25.7 Å². The van der Waals surface area contributed by atoms with Gasteiger partial charge in [-0.25, -0.2) is 0 Å². The molecule has 174 valence electrons. The van der Waals surface area contributed by atoms with Crippen molar-refractivity contribution in [1.82, 2.24) is 4.57 Å². The van der Waals surface area contributed by atoms with E-state index in [0.717, 1.165) is 41.1 Å². The van der Waals surface area contributed by atoms with Crippen molar-refractivity contribution >= 4 is 16.9 Å². The molecule has 5 rings (SSSR count). The van der Waals surface area contributed by atoms with Gasteiger partial charge < -0.3 is 14.4 Å². The highest BCUT2D eigenvalue weighted by Gasteiger charge is 2.12. The van der Waals surface area contributed by atoms with E-state index in [4.69, 9.17) is 9.84 Å². The van der Waals surface area contributed by atoms with E-state index in [9.17, 15) is 4.79 Å². The molecule has 5 aromatic rings. The molecule has 35 heavy (non-hydrogen) atoms. The zero-order valence-electron chi connectivity index (χ0n) is 19.4. The Labute approximate surface area is 205 Å². The lowest BCUT2D eigenvalue weighted by atomic mass is 10.0. The third-order valence-electron chi connectivity index (χ3n) is 6.20. The first kappa shape index (κ1) is 22.5. The lowest BCUT2D eigenvalue weighted by molar-refractivity contribution is -0.136. The highest BCUT2D eigenvalue weighted by atomic mass is 16.5. The largest absolute Gasteiger partial charge is 0.481 e. The molecule has 1 N–H and O–H groups in total. The molecule has 1 heterocycles. The molecule has 0 spiro atoms. The second kappa shape index (κ2) is 10.3. The quantitative estimate of drug-likeness (QED) is 0.252. The van der Waals surface area contributed by atoms with E-state index < -0.39 is 5.97 Å². The van der Waals surface area contributed by atoms with Crippen molar-refractivity contribution in [2.24, 2.45) is 0 Å². The van der Waals surface area contributed by atoms with Crippen molar-refractivity contribution < 1.29 is 14.6 Å². The molecule has 4 nitrogen and oxygen atoms in total. The second-order valence-corrected chi connectivity index (χ2v) is 8.66. The van der Waals surface area contributed by atoms with Crippen molar-refractivity contribution in [2.75, 3.05) is 0 Å². The summed E-state index contributed by atoms with van der Waals surface area (Å²) >= 11 is 0. The average Bonchev–Trinajstić information content (AvgIpc) is 3.26. The van der Waals surface area contributed by atoms with Crippen LogP contribution in [-0.2, 0) is 24.1 Å². The van der Waals surface area contributed by atoms with Gasteiger partial charge in [0.05, 0.1) is 5.52 Å². The standard InChI is InChI=1S/C31H27NO3/c33-31(34)20-13-24-12-19-30-29(21-24)25(14-11-23-7-3-1-4-8-23)22-32(30)26-15-17-28(18-16-26)35-27-9-5-2-6-10-27/h1-10,12,15-19,21-22H,11,13-14,20H2,(H,33,34). The number of hydrogen-bond acceptors (Lipinski definition) is 2. The van der Waals surface area contributed by atoms with E-state index in [1.54, 1.807) is 0 Å². The van der Waals surface area contributed by atoms with E-state index in [2.05, 4.69) is 59.3 Å². The monoisotopic (exact) mass is 461 g/mol. The van der Waals surface area contributed by atoms with Gasteiger partial charge in [-0.05, 0) is 84.5 Å². The first-order valence-electron chi connectivity index (χ1n) is 11.9. The van der Waals surface area contributed by atoms with Gasteiger partial charge in [-0.15, -0.1) is 0 Å². The molecule has 0 aliphatic heterocycles. The number of benzene rings is 4. The van der Waals surface area contributed by atoms with Crippen molar-refractivity contribution in [3.8, 4) is 17.2 Å². The number of aryl methyl sites for hydroxylation is 3. The number of hydrogen-bond donors (Lipinski definition) is 1. The lowest BCUT2D eigenvalue weighted by Crippen LogP contribution is -1.97. The average molecular weight is 462 g/mol. The molecule has 0 saturated carbocycles. The molecule has 0 atom stereocenters. The van der Waals surface area contributed by atoms with E-state index >= 15 is 0 Å². The maximum Gasteiger partial charge on any atom is 0.303 e. The summed E-state index contributed by atoms with van der Waals surface area (Å²) in [5, 5.41) is 10.3. The minimum Gasteiger partial charge on any atom is -0.481 e. The number of carboxylic acid groups (broad SMARTS) is 1. The predicted octanol–water partition coefficient (Wildman–Crippen LogP) is 7.23. The molecular formula is C31H27NO3. The Morgan fingerprint density at radius 2 is 1.40 bits per heavy atom. The Hall–Kier alpha value is -4.31. The van der Waals surface area contributed by atoms with E-state index in [-0.39, 0.29) is 6.42 Å². The summed E-state index contributed by atoms with van der Waals surface area (Å²) in [6.07, 6.45) is 4.73. The lowest BCUT2D eigenvalue weighted by Gasteiger charge is -2.09. The number of nitrogens with zero attached hydrogens (tertiary/aromatic N) is 1. The maximum absolute atomic E-state index is 11.1. The van der Waals surface area contributed by atoms with Gasteiger partial charge in [0, 0.05) is 23.7 Å². The summed E-state index contributed by atoms with van der Waals surface area (Å²) in [5.41, 5.74) is 5.78. The summed E-state index contributed by atoms with van der Waals surface area (Å²) in [4.78, 5) is 11.1. The molecule has 0 bridgehead atoms. The highest BCUT2D eigenvalue weighted by molar-refractivity contribution is 5.86. The minimum absolute atomic E-state index is 0.133. The molecule has 0 saturated heterocycles. The first-order valence-corrected chi connectivity index (χ1v) is 11.9. The van der Waals surface area contributed by atoms with Gasteiger partial charge in [-0.2, -0.15) is 0 Å². The fraction of sp³-hybridized carbons (Fsp3) is 0.129. The second-order valence-electron chi connectivity index (χ2n) is 8.66. The summed E-state index contributed by atoms with van der Waals surface area (Å²) in [6, 6.07) is 34.6. The van der Waals surface area contributed by atoms with Crippen LogP contribution >= 0.6 is 0 Å². The van der Waals surface area contributed by atoms with Crippen LogP contribution in [0.15, 0.2) is 109 Å². The number of ether oxygens (including phenoxy) is 1. The molecule has 0 aliphatic rings. The number of carbonyl (C=O) groups is 1. The smallest absolute Gasteiger partial charge is 0.303 e. The Kier molecular flexibility index (Phi) is 6.62. The zero-order valence-corrected chi connectivity index (χ0v) is 19.4. The normalized spacial score (nSPS) is 11.0. The van der Waals surface area contributed by atoms with Crippen LogP contribution in [0.3, 0.4) is 0 Å². The van der Waals surface area contributed by atoms with Crippen LogP contribution in [-0.4, -0.2) is 15.6 Å². The SMILES string of the molecule is O=C(O)CCc1ccc2c(c1)c(CCc1ccccc1)cn2-c1ccc(Oc2ccccc2)cc1. The fourth-order valence-corrected chi connectivity index (χ4v) is 4.39. The van der Waals surface area contributed by atoms with Crippen molar-refractivity contribution in [1.29, 1.82) is 0 Å². The first-order chi connectivity index (χ1) is 17.2. The third-order valence-corrected chi connectivity index (χ3v) is 6.20. The Morgan fingerprint density at radius 1 is 0.714 bits per heavy atom. The van der Waals surface area contributed by atoms with Crippen LogP contribution in [0.2, 0.25) is 0 Å². The van der Waals surface area contributed by atoms with Crippen molar-refractivity contribution in [3.05, 3.63) is 126 Å². The zero-order chi connectivity index (χ0) is 24.0. The van der Waals surface area contributed by atoms with E-state index in [1.165, 1.54) is 16.5 Å². The van der Waals surface area contributed by atoms with Gasteiger partial charge in [0.2, 0.25) is 0 Å². The minimum atomic E-state index is -0.773. The van der Waals surface area contributed by atoms with Crippen LogP contribution in [0.5, 0.6) is 11.5 Å². The Bertz CT molecular complexity index is 1420. The Balaban J connectivity index is 1.46. The molecule has 0 unspecified atom stereocenters. The number of aromatic nitrogens is 1. The predicted molar refractivity (Wildman–Crippen MR) is 140 cm³/mol. The molecule has 4 aromatic carbocycles. The summed E-state index contributed by atoms with van der Waals surface area (Å²) in [7, 11) is 0. The van der Waals surface area contributed by atoms with Gasteiger partial charge >= 0.3 is 5.97 Å². The summed E-state index contributed by atoms with van der Waals surface area (Å²) in [5.74, 6) is 0.824. The number of para-hydroxylation sites is 1. The van der Waals surface area contributed by atoms with Crippen LogP contribution in [0, 0.1) is 0 Å². The van der Waals surface area contributed by atoms with E-state index in [1.807, 2.05) is 54.6 Å². The molecule has 0 aliphatic carbocycles. The van der Waals surface area contributed by atoms with Gasteiger partial charge in [0.1, 0.15) is 11.5 Å². The third kappa shape index (κ3) is 5.44. The molecule has 0 fully saturated rings. The summed E-state index contributed by atoms with van der Waals surface area (Å²) < 4.78 is 8.17. The van der Waals surface area contributed by atoms with Crippen LogP contribution in [0.25, 0.3) is 16.6 Å². The summed E-state index contributed by atoms with van der Waals surface area (Å²) in [6.45, 7) is 0.